The zero-order valence-corrected chi connectivity index (χ0v) is 22.9. The van der Waals surface area contributed by atoms with E-state index in [-0.39, 0.29) is 31.7 Å². The third kappa shape index (κ3) is 10.2. The number of alkyl carbamates (subject to hydrolysis) is 1. The second kappa shape index (κ2) is 14.0. The van der Waals surface area contributed by atoms with Gasteiger partial charge in [0.05, 0.1) is 7.11 Å². The minimum Gasteiger partial charge on any atom is -0.488 e. The van der Waals surface area contributed by atoms with Crippen molar-refractivity contribution >= 4 is 18.0 Å². The largest absolute Gasteiger partial charge is 0.488 e. The molecule has 0 fully saturated rings. The number of carbonyl (C=O) groups excluding carboxylic acids is 3. The number of hydrogen-bond donors (Lipinski definition) is 1. The molecule has 2 amide bonds. The van der Waals surface area contributed by atoms with Crippen molar-refractivity contribution in [3.05, 3.63) is 102 Å². The molecule has 1 atom stereocenters. The second-order valence-corrected chi connectivity index (χ2v) is 10.1. The maximum absolute atomic E-state index is 13.8. The van der Waals surface area contributed by atoms with Crippen molar-refractivity contribution in [3.8, 4) is 5.75 Å². The minimum absolute atomic E-state index is 0.0579. The van der Waals surface area contributed by atoms with Crippen molar-refractivity contribution in [2.75, 3.05) is 13.7 Å². The highest BCUT2D eigenvalue weighted by atomic mass is 16.5. The molecule has 0 aliphatic rings. The number of benzene rings is 3. The van der Waals surface area contributed by atoms with Crippen molar-refractivity contribution in [2.45, 2.75) is 52.0 Å². The average molecular weight is 533 g/mol. The van der Waals surface area contributed by atoms with Crippen molar-refractivity contribution < 1.29 is 28.6 Å². The predicted octanol–water partition coefficient (Wildman–Crippen LogP) is 4.90. The van der Waals surface area contributed by atoms with E-state index in [1.807, 2.05) is 106 Å². The Kier molecular flexibility index (Phi) is 10.5. The van der Waals surface area contributed by atoms with Gasteiger partial charge in [0.2, 0.25) is 5.91 Å². The second-order valence-electron chi connectivity index (χ2n) is 10.1. The Morgan fingerprint density at radius 2 is 1.41 bits per heavy atom. The maximum Gasteiger partial charge on any atom is 0.408 e. The van der Waals surface area contributed by atoms with E-state index in [9.17, 15) is 14.4 Å². The van der Waals surface area contributed by atoms with Gasteiger partial charge >= 0.3 is 12.1 Å². The summed E-state index contributed by atoms with van der Waals surface area (Å²) >= 11 is 0. The number of amides is 2. The van der Waals surface area contributed by atoms with Gasteiger partial charge in [0.1, 0.15) is 30.5 Å². The summed E-state index contributed by atoms with van der Waals surface area (Å²) in [7, 11) is 1.27. The summed E-state index contributed by atoms with van der Waals surface area (Å²) < 4.78 is 16.1. The molecule has 0 spiro atoms. The Labute approximate surface area is 229 Å². The van der Waals surface area contributed by atoms with Gasteiger partial charge in [0.15, 0.2) is 0 Å². The fourth-order valence-corrected chi connectivity index (χ4v) is 3.85. The lowest BCUT2D eigenvalue weighted by atomic mass is 10.0. The van der Waals surface area contributed by atoms with Gasteiger partial charge in [-0.25, -0.2) is 4.79 Å². The molecular formula is C31H36N2O6. The minimum atomic E-state index is -0.990. The number of methoxy groups -OCH3 is 1. The summed E-state index contributed by atoms with van der Waals surface area (Å²) in [5.74, 6) is -0.301. The van der Waals surface area contributed by atoms with Gasteiger partial charge in [-0.3, -0.25) is 9.59 Å². The Balaban J connectivity index is 1.81. The molecule has 0 heterocycles. The van der Waals surface area contributed by atoms with E-state index in [1.165, 1.54) is 12.0 Å². The molecule has 0 radical (unpaired) electrons. The Morgan fingerprint density at radius 1 is 0.821 bits per heavy atom. The molecule has 3 rings (SSSR count). The highest BCUT2D eigenvalue weighted by Crippen LogP contribution is 2.20. The first-order chi connectivity index (χ1) is 18.6. The number of ether oxygens (including phenoxy) is 3. The van der Waals surface area contributed by atoms with Crippen molar-refractivity contribution in [1.82, 2.24) is 10.2 Å². The van der Waals surface area contributed by atoms with Crippen LogP contribution in [0.15, 0.2) is 84.9 Å². The van der Waals surface area contributed by atoms with Gasteiger partial charge < -0.3 is 24.4 Å². The lowest BCUT2D eigenvalue weighted by Gasteiger charge is -2.27. The molecule has 0 aliphatic carbocycles. The van der Waals surface area contributed by atoms with Crippen LogP contribution in [0.2, 0.25) is 0 Å². The van der Waals surface area contributed by atoms with Crippen molar-refractivity contribution in [2.24, 2.45) is 0 Å². The van der Waals surface area contributed by atoms with Crippen LogP contribution >= 0.6 is 0 Å². The molecule has 0 aromatic heterocycles. The van der Waals surface area contributed by atoms with Crippen LogP contribution in [-0.4, -0.2) is 48.2 Å². The van der Waals surface area contributed by atoms with Gasteiger partial charge in [-0.15, -0.1) is 0 Å². The molecule has 0 unspecified atom stereocenters. The summed E-state index contributed by atoms with van der Waals surface area (Å²) in [6.07, 6.45) is -0.552. The molecule has 8 heteroatoms. The number of nitrogens with zero attached hydrogens (tertiary/aromatic N) is 1. The molecule has 3 aromatic rings. The highest BCUT2D eigenvalue weighted by molar-refractivity contribution is 5.88. The van der Waals surface area contributed by atoms with E-state index in [0.717, 1.165) is 16.7 Å². The van der Waals surface area contributed by atoms with Crippen LogP contribution in [-0.2, 0) is 38.6 Å². The van der Waals surface area contributed by atoms with Gasteiger partial charge in [-0.05, 0) is 49.6 Å². The molecule has 1 N–H and O–H groups in total. The Bertz CT molecular complexity index is 1210. The van der Waals surface area contributed by atoms with Crippen molar-refractivity contribution in [3.63, 3.8) is 0 Å². The fraction of sp³-hybridized carbons (Fsp3) is 0.323. The van der Waals surface area contributed by atoms with Crippen LogP contribution < -0.4 is 10.1 Å². The standard InChI is InChI=1S/C31H36N2O6/c1-31(2,3)39-26-17-15-23(16-18-26)19-27(32-30(36)38-22-25-13-9-6-10-14-25)29(35)33(21-28(34)37-4)20-24-11-7-5-8-12-24/h5-18,27H,19-22H2,1-4H3,(H,32,36)/t27-/m0/s1. The first-order valence-corrected chi connectivity index (χ1v) is 12.8. The Morgan fingerprint density at radius 3 is 1.97 bits per heavy atom. The third-order valence-corrected chi connectivity index (χ3v) is 5.67. The van der Waals surface area contributed by atoms with Crippen LogP contribution in [0.1, 0.15) is 37.5 Å². The van der Waals surface area contributed by atoms with E-state index in [2.05, 4.69) is 5.32 Å². The summed E-state index contributed by atoms with van der Waals surface area (Å²) in [5.41, 5.74) is 2.11. The molecule has 3 aromatic carbocycles. The first-order valence-electron chi connectivity index (χ1n) is 12.8. The third-order valence-electron chi connectivity index (χ3n) is 5.67. The molecular weight excluding hydrogens is 496 g/mol. The predicted molar refractivity (Wildman–Crippen MR) is 148 cm³/mol. The monoisotopic (exact) mass is 532 g/mol. The molecule has 8 nitrogen and oxygen atoms in total. The molecule has 0 saturated carbocycles. The number of rotatable bonds is 11. The van der Waals surface area contributed by atoms with Crippen molar-refractivity contribution in [1.29, 1.82) is 0 Å². The van der Waals surface area contributed by atoms with E-state index >= 15 is 0 Å². The van der Waals surface area contributed by atoms with E-state index in [0.29, 0.717) is 5.75 Å². The van der Waals surface area contributed by atoms with Crippen LogP contribution in [0.25, 0.3) is 0 Å². The summed E-state index contributed by atoms with van der Waals surface area (Å²) in [4.78, 5) is 40.1. The zero-order valence-electron chi connectivity index (χ0n) is 22.9. The van der Waals surface area contributed by atoms with E-state index < -0.39 is 24.0 Å². The molecule has 0 bridgehead atoms. The molecule has 206 valence electrons. The SMILES string of the molecule is COC(=O)CN(Cc1ccccc1)C(=O)[C@H](Cc1ccc(OC(C)(C)C)cc1)NC(=O)OCc1ccccc1. The van der Waals surface area contributed by atoms with Gasteiger partial charge in [0, 0.05) is 13.0 Å². The number of hydrogen-bond acceptors (Lipinski definition) is 6. The Hall–Kier alpha value is -4.33. The van der Waals surface area contributed by atoms with Gasteiger partial charge in [-0.1, -0.05) is 72.8 Å². The highest BCUT2D eigenvalue weighted by Gasteiger charge is 2.29. The van der Waals surface area contributed by atoms with Crippen LogP contribution in [0.4, 0.5) is 4.79 Å². The number of nitrogens with one attached hydrogen (secondary N) is 1. The summed E-state index contributed by atoms with van der Waals surface area (Å²) in [6.45, 7) is 5.85. The zero-order chi connectivity index (χ0) is 28.3. The average Bonchev–Trinajstić information content (AvgIpc) is 2.92. The topological polar surface area (TPSA) is 94.2 Å². The maximum atomic E-state index is 13.8. The molecule has 0 aliphatic heterocycles. The van der Waals surface area contributed by atoms with Gasteiger partial charge in [-0.2, -0.15) is 0 Å². The van der Waals surface area contributed by atoms with Crippen LogP contribution in [0.5, 0.6) is 5.75 Å². The molecule has 0 saturated heterocycles. The number of esters is 1. The number of carbonyl (C=O) groups is 3. The normalized spacial score (nSPS) is 11.7. The lowest BCUT2D eigenvalue weighted by molar-refractivity contribution is -0.148. The van der Waals surface area contributed by atoms with Gasteiger partial charge in [0.25, 0.3) is 0 Å². The first kappa shape index (κ1) is 29.2. The lowest BCUT2D eigenvalue weighted by Crippen LogP contribution is -2.50. The van der Waals surface area contributed by atoms with E-state index in [4.69, 9.17) is 14.2 Å². The fourth-order valence-electron chi connectivity index (χ4n) is 3.85. The summed E-state index contributed by atoms with van der Waals surface area (Å²) in [5, 5.41) is 2.71. The van der Waals surface area contributed by atoms with Crippen LogP contribution in [0, 0.1) is 0 Å². The van der Waals surface area contributed by atoms with E-state index in [1.54, 1.807) is 0 Å². The smallest absolute Gasteiger partial charge is 0.408 e. The quantitative estimate of drug-likeness (QED) is 0.353. The molecule has 39 heavy (non-hydrogen) atoms. The summed E-state index contributed by atoms with van der Waals surface area (Å²) in [6, 6.07) is 24.9. The van der Waals surface area contributed by atoms with Crippen LogP contribution in [0.3, 0.4) is 0 Å².